The highest BCUT2D eigenvalue weighted by Gasteiger charge is 2.32. The molecule has 2 rings (SSSR count). The van der Waals surface area contributed by atoms with Gasteiger partial charge in [-0.15, -0.1) is 0 Å². The molecule has 0 heterocycles. The average Bonchev–Trinajstić information content (AvgIpc) is 2.55. The number of likely N-dealkylation sites (N-methyl/N-ethyl adjacent to an activating group) is 1. The summed E-state index contributed by atoms with van der Waals surface area (Å²) in [5.41, 5.74) is 0. The Bertz CT molecular complexity index is 284. The predicted octanol–water partition coefficient (Wildman–Crippen LogP) is 3.82. The lowest BCUT2D eigenvalue weighted by molar-refractivity contribution is -0.139. The molecule has 0 aromatic carbocycles. The van der Waals surface area contributed by atoms with Gasteiger partial charge in [0.2, 0.25) is 5.91 Å². The molecule has 0 N–H and O–H groups in total. The minimum atomic E-state index is 0.400. The maximum atomic E-state index is 13.0. The Balaban J connectivity index is 2.04. The highest BCUT2D eigenvalue weighted by molar-refractivity contribution is 5.79. The van der Waals surface area contributed by atoms with Crippen molar-refractivity contribution in [2.24, 2.45) is 0 Å². The van der Waals surface area contributed by atoms with Gasteiger partial charge in [0.15, 0.2) is 0 Å². The van der Waals surface area contributed by atoms with Crippen LogP contribution in [0.25, 0.3) is 0 Å². The number of hydrogen-bond acceptors (Lipinski definition) is 2. The van der Waals surface area contributed by atoms with E-state index in [-0.39, 0.29) is 0 Å². The van der Waals surface area contributed by atoms with Gasteiger partial charge in [0.1, 0.15) is 0 Å². The molecule has 0 spiro atoms. The van der Waals surface area contributed by atoms with E-state index in [9.17, 15) is 4.79 Å². The molecule has 0 atom stereocenters. The Hall–Kier alpha value is -0.570. The number of nitrogens with zero attached hydrogens (tertiary/aromatic N) is 2. The summed E-state index contributed by atoms with van der Waals surface area (Å²) >= 11 is 0. The van der Waals surface area contributed by atoms with E-state index in [2.05, 4.69) is 23.6 Å². The molecule has 3 nitrogen and oxygen atoms in total. The molecule has 3 heteroatoms. The molecule has 2 saturated carbocycles. The molecule has 0 bridgehead atoms. The SMILES string of the molecule is CCN(CC)CC(=O)N(C1CCCCC1)C1CCCCC1. The van der Waals surface area contributed by atoms with E-state index < -0.39 is 0 Å². The summed E-state index contributed by atoms with van der Waals surface area (Å²) in [7, 11) is 0. The van der Waals surface area contributed by atoms with E-state index in [1.54, 1.807) is 0 Å². The van der Waals surface area contributed by atoms with Crippen LogP contribution in [0.15, 0.2) is 0 Å². The number of hydrogen-bond donors (Lipinski definition) is 0. The van der Waals surface area contributed by atoms with Gasteiger partial charge in [-0.3, -0.25) is 9.69 Å². The number of carbonyl (C=O) groups is 1. The Kier molecular flexibility index (Phi) is 7.01. The van der Waals surface area contributed by atoms with E-state index in [1.165, 1.54) is 64.2 Å². The first-order valence-electron chi connectivity index (χ1n) is 9.29. The van der Waals surface area contributed by atoms with Crippen molar-refractivity contribution < 1.29 is 4.79 Å². The summed E-state index contributed by atoms with van der Waals surface area (Å²) in [4.78, 5) is 17.6. The summed E-state index contributed by atoms with van der Waals surface area (Å²) in [5, 5.41) is 0. The van der Waals surface area contributed by atoms with E-state index in [0.717, 1.165) is 13.1 Å². The van der Waals surface area contributed by atoms with Gasteiger partial charge in [-0.1, -0.05) is 52.4 Å². The number of rotatable bonds is 6. The lowest BCUT2D eigenvalue weighted by atomic mass is 9.88. The Morgan fingerprint density at radius 1 is 0.810 bits per heavy atom. The van der Waals surface area contributed by atoms with Crippen LogP contribution in [-0.4, -0.2) is 47.4 Å². The zero-order chi connectivity index (χ0) is 15.1. The topological polar surface area (TPSA) is 23.6 Å². The van der Waals surface area contributed by atoms with E-state index in [0.29, 0.717) is 24.5 Å². The normalized spacial score (nSPS) is 21.7. The quantitative estimate of drug-likeness (QED) is 0.743. The van der Waals surface area contributed by atoms with Gasteiger partial charge in [-0.25, -0.2) is 0 Å². The summed E-state index contributed by atoms with van der Waals surface area (Å²) in [6.45, 7) is 6.89. The maximum Gasteiger partial charge on any atom is 0.237 e. The molecule has 0 aromatic heterocycles. The van der Waals surface area contributed by atoms with Gasteiger partial charge in [0.25, 0.3) is 0 Å². The van der Waals surface area contributed by atoms with Crippen molar-refractivity contribution in [3.8, 4) is 0 Å². The molecule has 1 amide bonds. The summed E-state index contributed by atoms with van der Waals surface area (Å²) in [5.74, 6) is 0.400. The van der Waals surface area contributed by atoms with Crippen molar-refractivity contribution >= 4 is 5.91 Å². The van der Waals surface area contributed by atoms with Gasteiger partial charge in [0, 0.05) is 12.1 Å². The monoisotopic (exact) mass is 294 g/mol. The first-order valence-corrected chi connectivity index (χ1v) is 9.29. The molecule has 0 aromatic rings. The molecule has 0 unspecified atom stereocenters. The van der Waals surface area contributed by atoms with Crippen molar-refractivity contribution in [3.63, 3.8) is 0 Å². The van der Waals surface area contributed by atoms with Crippen LogP contribution < -0.4 is 0 Å². The lowest BCUT2D eigenvalue weighted by Gasteiger charge is -2.42. The molecule has 122 valence electrons. The fourth-order valence-electron chi connectivity index (χ4n) is 4.14. The van der Waals surface area contributed by atoms with E-state index >= 15 is 0 Å². The predicted molar refractivity (Wildman–Crippen MR) is 88.4 cm³/mol. The number of amides is 1. The highest BCUT2D eigenvalue weighted by Crippen LogP contribution is 2.30. The van der Waals surface area contributed by atoms with E-state index in [1.807, 2.05) is 0 Å². The van der Waals surface area contributed by atoms with Crippen LogP contribution in [0.2, 0.25) is 0 Å². The van der Waals surface area contributed by atoms with Crippen LogP contribution in [0.4, 0.5) is 0 Å². The smallest absolute Gasteiger partial charge is 0.237 e. The second-order valence-corrected chi connectivity index (χ2v) is 6.85. The summed E-state index contributed by atoms with van der Waals surface area (Å²) in [6.07, 6.45) is 12.9. The van der Waals surface area contributed by atoms with Crippen LogP contribution in [-0.2, 0) is 4.79 Å². The second-order valence-electron chi connectivity index (χ2n) is 6.85. The Morgan fingerprint density at radius 3 is 1.62 bits per heavy atom. The van der Waals surface area contributed by atoms with Crippen LogP contribution in [0, 0.1) is 0 Å². The van der Waals surface area contributed by atoms with Gasteiger partial charge in [-0.2, -0.15) is 0 Å². The van der Waals surface area contributed by atoms with Crippen molar-refractivity contribution in [2.75, 3.05) is 19.6 Å². The van der Waals surface area contributed by atoms with Gasteiger partial charge in [0.05, 0.1) is 6.54 Å². The molecule has 0 radical (unpaired) electrons. The number of carbonyl (C=O) groups excluding carboxylic acids is 1. The van der Waals surface area contributed by atoms with Gasteiger partial charge >= 0.3 is 0 Å². The van der Waals surface area contributed by atoms with Crippen molar-refractivity contribution in [1.82, 2.24) is 9.80 Å². The minimum absolute atomic E-state index is 0.400. The average molecular weight is 294 g/mol. The van der Waals surface area contributed by atoms with E-state index in [4.69, 9.17) is 0 Å². The van der Waals surface area contributed by atoms with Crippen LogP contribution in [0.3, 0.4) is 0 Å². The maximum absolute atomic E-state index is 13.0. The highest BCUT2D eigenvalue weighted by atomic mass is 16.2. The molecule has 2 fully saturated rings. The van der Waals surface area contributed by atoms with Crippen molar-refractivity contribution in [3.05, 3.63) is 0 Å². The van der Waals surface area contributed by atoms with Crippen LogP contribution in [0.1, 0.15) is 78.1 Å². The summed E-state index contributed by atoms with van der Waals surface area (Å²) in [6, 6.07) is 1.06. The Morgan fingerprint density at radius 2 is 1.24 bits per heavy atom. The molecule has 2 aliphatic rings. The second kappa shape index (κ2) is 8.77. The standard InChI is InChI=1S/C18H34N2O/c1-3-19(4-2)15-18(21)20(16-11-7-5-8-12-16)17-13-9-6-10-14-17/h16-17H,3-15H2,1-2H3. The summed E-state index contributed by atoms with van der Waals surface area (Å²) < 4.78 is 0. The third kappa shape index (κ3) is 4.70. The molecule has 0 aliphatic heterocycles. The molecular weight excluding hydrogens is 260 g/mol. The molecule has 21 heavy (non-hydrogen) atoms. The molecule has 2 aliphatic carbocycles. The fraction of sp³-hybridized carbons (Fsp3) is 0.944. The Labute approximate surface area is 131 Å². The van der Waals surface area contributed by atoms with Crippen molar-refractivity contribution in [1.29, 1.82) is 0 Å². The lowest BCUT2D eigenvalue weighted by Crippen LogP contribution is -2.52. The zero-order valence-electron chi connectivity index (χ0n) is 14.1. The van der Waals surface area contributed by atoms with Crippen LogP contribution in [0.5, 0.6) is 0 Å². The van der Waals surface area contributed by atoms with Gasteiger partial charge in [-0.05, 0) is 38.8 Å². The third-order valence-corrected chi connectivity index (χ3v) is 5.48. The van der Waals surface area contributed by atoms with Crippen LogP contribution >= 0.6 is 0 Å². The van der Waals surface area contributed by atoms with Gasteiger partial charge < -0.3 is 4.90 Å². The first-order chi connectivity index (χ1) is 10.3. The molecule has 0 saturated heterocycles. The minimum Gasteiger partial charge on any atom is -0.336 e. The zero-order valence-corrected chi connectivity index (χ0v) is 14.1. The van der Waals surface area contributed by atoms with Crippen molar-refractivity contribution in [2.45, 2.75) is 90.1 Å². The largest absolute Gasteiger partial charge is 0.336 e. The first kappa shape index (κ1) is 16.8. The third-order valence-electron chi connectivity index (χ3n) is 5.48. The molecular formula is C18H34N2O. The fourth-order valence-corrected chi connectivity index (χ4v) is 4.14.